The molecule has 0 aliphatic heterocycles. The first-order valence-corrected chi connectivity index (χ1v) is 5.91. The molecule has 0 N–H and O–H groups in total. The molecule has 1 atom stereocenters. The number of benzene rings is 1. The molecule has 0 saturated heterocycles. The van der Waals surface area contributed by atoms with Gasteiger partial charge in [0.05, 0.1) is 6.07 Å². The van der Waals surface area contributed by atoms with Crippen LogP contribution in [0.2, 0.25) is 0 Å². The molecule has 0 saturated carbocycles. The Balaban J connectivity index is 2.08. The minimum atomic E-state index is 0.0447. The molecule has 0 fully saturated rings. The first-order chi connectivity index (χ1) is 8.22. The average Bonchev–Trinajstić information content (AvgIpc) is 2.37. The second-order valence-electron chi connectivity index (χ2n) is 4.56. The molecule has 1 aromatic carbocycles. The number of carbonyl (C=O) groups is 1. The van der Waals surface area contributed by atoms with Crippen molar-refractivity contribution in [1.82, 2.24) is 4.90 Å². The third-order valence-electron chi connectivity index (χ3n) is 3.38. The largest absolute Gasteiger partial charge is 0.332 e. The van der Waals surface area contributed by atoms with E-state index in [1.807, 2.05) is 18.2 Å². The van der Waals surface area contributed by atoms with Crippen LogP contribution in [0.15, 0.2) is 24.3 Å². The van der Waals surface area contributed by atoms with Crippen LogP contribution in [0.1, 0.15) is 17.5 Å². The Bertz CT molecular complexity index is 462. The number of aryl methyl sites for hydroxylation is 1. The third kappa shape index (κ3) is 2.47. The molecule has 0 radical (unpaired) electrons. The predicted octanol–water partition coefficient (Wildman–Crippen LogP) is 1.77. The van der Waals surface area contributed by atoms with Crippen LogP contribution >= 0.6 is 0 Å². The highest BCUT2D eigenvalue weighted by molar-refractivity contribution is 5.79. The number of carbonyl (C=O) groups excluding carboxylic acids is 1. The zero-order valence-electron chi connectivity index (χ0n) is 10.0. The summed E-state index contributed by atoms with van der Waals surface area (Å²) in [5, 5.41) is 8.60. The molecule has 2 rings (SSSR count). The highest BCUT2D eigenvalue weighted by atomic mass is 16.2. The van der Waals surface area contributed by atoms with Crippen LogP contribution in [0.4, 0.5) is 0 Å². The fraction of sp³-hybridized carbons (Fsp3) is 0.429. The number of nitriles is 1. The molecule has 1 aromatic rings. The summed E-state index contributed by atoms with van der Waals surface area (Å²) in [5.74, 6) is 0.143. The van der Waals surface area contributed by atoms with Crippen LogP contribution in [0.3, 0.4) is 0 Å². The van der Waals surface area contributed by atoms with Crippen molar-refractivity contribution < 1.29 is 4.79 Å². The molecule has 1 amide bonds. The summed E-state index contributed by atoms with van der Waals surface area (Å²) in [6.07, 6.45) is 2.67. The van der Waals surface area contributed by atoms with Gasteiger partial charge in [-0.3, -0.25) is 4.79 Å². The summed E-state index contributed by atoms with van der Waals surface area (Å²) in [6.45, 7) is 0.178. The lowest BCUT2D eigenvalue weighted by Gasteiger charge is -2.26. The first-order valence-electron chi connectivity index (χ1n) is 5.91. The zero-order valence-corrected chi connectivity index (χ0v) is 10.0. The van der Waals surface area contributed by atoms with E-state index in [1.165, 1.54) is 16.0 Å². The smallest absolute Gasteiger partial charge is 0.226 e. The molecule has 3 nitrogen and oxygen atoms in total. The van der Waals surface area contributed by atoms with Crippen LogP contribution < -0.4 is 0 Å². The van der Waals surface area contributed by atoms with Gasteiger partial charge in [-0.1, -0.05) is 24.3 Å². The van der Waals surface area contributed by atoms with Gasteiger partial charge >= 0.3 is 0 Å². The van der Waals surface area contributed by atoms with E-state index in [4.69, 9.17) is 5.26 Å². The first kappa shape index (κ1) is 11.7. The Labute approximate surface area is 102 Å². The average molecular weight is 228 g/mol. The number of hydrogen-bond donors (Lipinski definition) is 0. The summed E-state index contributed by atoms with van der Waals surface area (Å²) in [4.78, 5) is 13.6. The van der Waals surface area contributed by atoms with Crippen molar-refractivity contribution in [2.24, 2.45) is 5.92 Å². The van der Waals surface area contributed by atoms with Crippen LogP contribution in [0, 0.1) is 17.2 Å². The van der Waals surface area contributed by atoms with Gasteiger partial charge < -0.3 is 4.90 Å². The second kappa shape index (κ2) is 5.01. The summed E-state index contributed by atoms with van der Waals surface area (Å²) >= 11 is 0. The summed E-state index contributed by atoms with van der Waals surface area (Å²) in [6, 6.07) is 10.3. The van der Waals surface area contributed by atoms with Gasteiger partial charge in [0, 0.05) is 13.0 Å². The van der Waals surface area contributed by atoms with Gasteiger partial charge in [0.15, 0.2) is 0 Å². The highest BCUT2D eigenvalue weighted by Crippen LogP contribution is 2.26. The Morgan fingerprint density at radius 3 is 2.88 bits per heavy atom. The second-order valence-corrected chi connectivity index (χ2v) is 4.56. The summed E-state index contributed by atoms with van der Waals surface area (Å²) in [7, 11) is 1.70. The maximum Gasteiger partial charge on any atom is 0.226 e. The molecular formula is C14H16N2O. The van der Waals surface area contributed by atoms with E-state index in [9.17, 15) is 4.79 Å². The van der Waals surface area contributed by atoms with Crippen molar-refractivity contribution in [3.05, 3.63) is 35.4 Å². The van der Waals surface area contributed by atoms with Gasteiger partial charge in [0.2, 0.25) is 5.91 Å². The van der Waals surface area contributed by atoms with Crippen molar-refractivity contribution in [2.45, 2.75) is 19.3 Å². The summed E-state index contributed by atoms with van der Waals surface area (Å²) < 4.78 is 0. The number of rotatable bonds is 2. The molecule has 0 heterocycles. The Morgan fingerprint density at radius 1 is 1.47 bits per heavy atom. The molecule has 1 unspecified atom stereocenters. The Kier molecular flexibility index (Phi) is 3.43. The molecule has 1 aliphatic carbocycles. The Hall–Kier alpha value is -1.82. The van der Waals surface area contributed by atoms with Crippen LogP contribution in [-0.4, -0.2) is 24.4 Å². The number of nitrogens with zero attached hydrogens (tertiary/aromatic N) is 2. The molecule has 1 aliphatic rings. The zero-order chi connectivity index (χ0) is 12.3. The van der Waals surface area contributed by atoms with E-state index >= 15 is 0 Å². The quantitative estimate of drug-likeness (QED) is 0.724. The number of fused-ring (bicyclic) bond motifs is 1. The third-order valence-corrected chi connectivity index (χ3v) is 3.38. The van der Waals surface area contributed by atoms with Crippen molar-refractivity contribution in [2.75, 3.05) is 13.6 Å². The molecule has 17 heavy (non-hydrogen) atoms. The molecular weight excluding hydrogens is 212 g/mol. The fourth-order valence-corrected chi connectivity index (χ4v) is 2.40. The number of hydrogen-bond acceptors (Lipinski definition) is 2. The molecule has 3 heteroatoms. The normalized spacial score (nSPS) is 18.0. The topological polar surface area (TPSA) is 44.1 Å². The molecule has 0 bridgehead atoms. The monoisotopic (exact) mass is 228 g/mol. The van der Waals surface area contributed by atoms with Crippen LogP contribution in [-0.2, 0) is 17.6 Å². The van der Waals surface area contributed by atoms with Gasteiger partial charge in [-0.25, -0.2) is 0 Å². The SMILES string of the molecule is CN(CC#N)C(=O)C1CCc2ccccc2C1. The molecule has 0 spiro atoms. The minimum Gasteiger partial charge on any atom is -0.332 e. The maximum atomic E-state index is 12.1. The maximum absolute atomic E-state index is 12.1. The van der Waals surface area contributed by atoms with Crippen molar-refractivity contribution in [3.8, 4) is 6.07 Å². The lowest BCUT2D eigenvalue weighted by molar-refractivity contribution is -0.133. The van der Waals surface area contributed by atoms with Gasteiger partial charge in [-0.05, 0) is 30.4 Å². The standard InChI is InChI=1S/C14H16N2O/c1-16(9-8-15)14(17)13-7-6-11-4-2-3-5-12(11)10-13/h2-5,13H,6-7,9-10H2,1H3. The van der Waals surface area contributed by atoms with E-state index in [0.29, 0.717) is 0 Å². The Morgan fingerprint density at radius 2 is 2.18 bits per heavy atom. The van der Waals surface area contributed by atoms with E-state index in [2.05, 4.69) is 12.1 Å². The van der Waals surface area contributed by atoms with Crippen molar-refractivity contribution in [3.63, 3.8) is 0 Å². The fourth-order valence-electron chi connectivity index (χ4n) is 2.40. The van der Waals surface area contributed by atoms with Gasteiger partial charge in [0.25, 0.3) is 0 Å². The van der Waals surface area contributed by atoms with E-state index in [-0.39, 0.29) is 18.4 Å². The van der Waals surface area contributed by atoms with Gasteiger partial charge in [0.1, 0.15) is 6.54 Å². The summed E-state index contributed by atoms with van der Waals surface area (Å²) in [5.41, 5.74) is 2.64. The highest BCUT2D eigenvalue weighted by Gasteiger charge is 2.26. The van der Waals surface area contributed by atoms with Gasteiger partial charge in [-0.2, -0.15) is 5.26 Å². The minimum absolute atomic E-state index is 0.0447. The lowest BCUT2D eigenvalue weighted by atomic mass is 9.83. The van der Waals surface area contributed by atoms with Crippen molar-refractivity contribution >= 4 is 5.91 Å². The molecule has 88 valence electrons. The van der Waals surface area contributed by atoms with Crippen molar-refractivity contribution in [1.29, 1.82) is 5.26 Å². The van der Waals surface area contributed by atoms with E-state index in [0.717, 1.165) is 19.3 Å². The van der Waals surface area contributed by atoms with E-state index < -0.39 is 0 Å². The van der Waals surface area contributed by atoms with Crippen LogP contribution in [0.25, 0.3) is 0 Å². The number of amides is 1. The van der Waals surface area contributed by atoms with Crippen LogP contribution in [0.5, 0.6) is 0 Å². The lowest BCUT2D eigenvalue weighted by Crippen LogP contribution is -2.35. The van der Waals surface area contributed by atoms with E-state index in [1.54, 1.807) is 7.05 Å². The molecule has 0 aromatic heterocycles. The van der Waals surface area contributed by atoms with Gasteiger partial charge in [-0.15, -0.1) is 0 Å². The predicted molar refractivity (Wildman–Crippen MR) is 65.2 cm³/mol.